The number of hydrogen-bond acceptors (Lipinski definition) is 2. The molecule has 1 heterocycles. The zero-order chi connectivity index (χ0) is 14.5. The van der Waals surface area contributed by atoms with E-state index in [1.165, 1.54) is 5.56 Å². The zero-order valence-electron chi connectivity index (χ0n) is 12.2. The van der Waals surface area contributed by atoms with Crippen LogP contribution in [-0.2, 0) is 16.0 Å². The van der Waals surface area contributed by atoms with Crippen molar-refractivity contribution < 1.29 is 9.59 Å². The predicted octanol–water partition coefficient (Wildman–Crippen LogP) is 2.13. The molecule has 1 atom stereocenters. The molecule has 20 heavy (non-hydrogen) atoms. The molecule has 108 valence electrons. The first-order chi connectivity index (χ1) is 9.65. The molecule has 4 nitrogen and oxygen atoms in total. The van der Waals surface area contributed by atoms with Gasteiger partial charge in [0.2, 0.25) is 11.8 Å². The van der Waals surface area contributed by atoms with Gasteiger partial charge in [-0.15, -0.1) is 0 Å². The van der Waals surface area contributed by atoms with Crippen molar-refractivity contribution in [3.8, 4) is 0 Å². The number of carbonyl (C=O) groups excluding carboxylic acids is 2. The molecule has 0 bridgehead atoms. The third-order valence-electron chi connectivity index (χ3n) is 3.68. The number of amides is 2. The highest BCUT2D eigenvalue weighted by Crippen LogP contribution is 2.26. The Morgan fingerprint density at radius 2 is 2.20 bits per heavy atom. The lowest BCUT2D eigenvalue weighted by molar-refractivity contribution is -0.126. The normalized spacial score (nSPS) is 18.4. The summed E-state index contributed by atoms with van der Waals surface area (Å²) in [5, 5.41) is 2.87. The van der Waals surface area contributed by atoms with E-state index < -0.39 is 0 Å². The molecule has 1 aliphatic heterocycles. The van der Waals surface area contributed by atoms with Gasteiger partial charge in [0.15, 0.2) is 0 Å². The minimum absolute atomic E-state index is 0.00524. The van der Waals surface area contributed by atoms with Crippen LogP contribution in [0.2, 0.25) is 0 Å². The molecule has 2 amide bonds. The lowest BCUT2D eigenvalue weighted by Crippen LogP contribution is -2.33. The zero-order valence-corrected chi connectivity index (χ0v) is 12.2. The van der Waals surface area contributed by atoms with E-state index in [-0.39, 0.29) is 17.7 Å². The van der Waals surface area contributed by atoms with Crippen molar-refractivity contribution in [2.45, 2.75) is 33.1 Å². The van der Waals surface area contributed by atoms with Gasteiger partial charge in [0.1, 0.15) is 0 Å². The first-order valence-electron chi connectivity index (χ1n) is 7.32. The molecule has 0 radical (unpaired) electrons. The maximum atomic E-state index is 12.1. The lowest BCUT2D eigenvalue weighted by atomic mass is 10.1. The Morgan fingerprint density at radius 1 is 1.40 bits per heavy atom. The van der Waals surface area contributed by atoms with Crippen molar-refractivity contribution >= 4 is 17.5 Å². The summed E-state index contributed by atoms with van der Waals surface area (Å²) < 4.78 is 0. The van der Waals surface area contributed by atoms with Gasteiger partial charge in [-0.2, -0.15) is 0 Å². The Bertz CT molecular complexity index is 499. The highest BCUT2D eigenvalue weighted by molar-refractivity contribution is 6.00. The summed E-state index contributed by atoms with van der Waals surface area (Å²) in [6.07, 6.45) is 2.16. The number of rotatable bonds is 5. The van der Waals surface area contributed by atoms with Crippen molar-refractivity contribution in [2.75, 3.05) is 18.0 Å². The standard InChI is InChI=1S/C16H22N2O2/c1-3-8-17-16(20)13-10-15(19)18(11-13)14-7-5-6-12(4-2)9-14/h5-7,9,13H,3-4,8,10-11H2,1-2H3,(H,17,20)/t13-/m1/s1. The van der Waals surface area contributed by atoms with E-state index >= 15 is 0 Å². The monoisotopic (exact) mass is 274 g/mol. The molecule has 4 heteroatoms. The Hall–Kier alpha value is -1.84. The molecule has 1 saturated heterocycles. The fraction of sp³-hybridized carbons (Fsp3) is 0.500. The molecule has 0 aliphatic carbocycles. The Kier molecular flexibility index (Phi) is 4.77. The van der Waals surface area contributed by atoms with Crippen molar-refractivity contribution in [2.24, 2.45) is 5.92 Å². The molecule has 1 aromatic carbocycles. The van der Waals surface area contributed by atoms with E-state index in [1.54, 1.807) is 4.90 Å². The van der Waals surface area contributed by atoms with Crippen LogP contribution in [0.5, 0.6) is 0 Å². The highest BCUT2D eigenvalue weighted by atomic mass is 16.2. The summed E-state index contributed by atoms with van der Waals surface area (Å²) in [6, 6.07) is 7.98. The van der Waals surface area contributed by atoms with Crippen LogP contribution in [0.15, 0.2) is 24.3 Å². The van der Waals surface area contributed by atoms with Gasteiger partial charge in [-0.05, 0) is 30.5 Å². The average Bonchev–Trinajstić information content (AvgIpc) is 2.87. The van der Waals surface area contributed by atoms with E-state index in [2.05, 4.69) is 18.3 Å². The van der Waals surface area contributed by atoms with Gasteiger partial charge in [0.25, 0.3) is 0 Å². The number of nitrogens with one attached hydrogen (secondary N) is 1. The maximum absolute atomic E-state index is 12.1. The van der Waals surface area contributed by atoms with Crippen LogP contribution in [0.3, 0.4) is 0 Å². The number of carbonyl (C=O) groups is 2. The number of aryl methyl sites for hydroxylation is 1. The average molecular weight is 274 g/mol. The molecular weight excluding hydrogens is 252 g/mol. The van der Waals surface area contributed by atoms with Crippen LogP contribution in [0.25, 0.3) is 0 Å². The summed E-state index contributed by atoms with van der Waals surface area (Å²) in [7, 11) is 0. The molecule has 1 aromatic rings. The van der Waals surface area contributed by atoms with Gasteiger partial charge >= 0.3 is 0 Å². The quantitative estimate of drug-likeness (QED) is 0.894. The van der Waals surface area contributed by atoms with Crippen LogP contribution < -0.4 is 10.2 Å². The summed E-state index contributed by atoms with van der Waals surface area (Å²) in [4.78, 5) is 25.8. The lowest BCUT2D eigenvalue weighted by Gasteiger charge is -2.17. The molecule has 2 rings (SSSR count). The Labute approximate surface area is 120 Å². The van der Waals surface area contributed by atoms with Crippen LogP contribution in [0.4, 0.5) is 5.69 Å². The Balaban J connectivity index is 2.07. The molecule has 0 unspecified atom stereocenters. The summed E-state index contributed by atoms with van der Waals surface area (Å²) in [5.41, 5.74) is 2.11. The smallest absolute Gasteiger partial charge is 0.227 e. The maximum Gasteiger partial charge on any atom is 0.227 e. The largest absolute Gasteiger partial charge is 0.356 e. The third kappa shape index (κ3) is 3.18. The van der Waals surface area contributed by atoms with E-state index in [9.17, 15) is 9.59 Å². The van der Waals surface area contributed by atoms with Gasteiger partial charge in [0, 0.05) is 25.2 Å². The van der Waals surface area contributed by atoms with Crippen molar-refractivity contribution in [1.82, 2.24) is 5.32 Å². The van der Waals surface area contributed by atoms with Crippen molar-refractivity contribution in [3.05, 3.63) is 29.8 Å². The second-order valence-corrected chi connectivity index (χ2v) is 5.22. The van der Waals surface area contributed by atoms with Crippen molar-refractivity contribution in [1.29, 1.82) is 0 Å². The van der Waals surface area contributed by atoms with Gasteiger partial charge < -0.3 is 10.2 Å². The van der Waals surface area contributed by atoms with Crippen molar-refractivity contribution in [3.63, 3.8) is 0 Å². The minimum Gasteiger partial charge on any atom is -0.356 e. The Morgan fingerprint density at radius 3 is 2.90 bits per heavy atom. The van der Waals surface area contributed by atoms with Gasteiger partial charge in [-0.3, -0.25) is 9.59 Å². The van der Waals surface area contributed by atoms with Crippen LogP contribution in [0.1, 0.15) is 32.3 Å². The van der Waals surface area contributed by atoms with Crippen LogP contribution in [0, 0.1) is 5.92 Å². The first-order valence-corrected chi connectivity index (χ1v) is 7.32. The number of benzene rings is 1. The molecule has 1 N–H and O–H groups in total. The molecule has 0 aromatic heterocycles. The van der Waals surface area contributed by atoms with E-state index in [0.717, 1.165) is 18.5 Å². The summed E-state index contributed by atoms with van der Waals surface area (Å²) in [5.74, 6) is -0.191. The summed E-state index contributed by atoms with van der Waals surface area (Å²) in [6.45, 7) is 5.27. The SMILES string of the molecule is CCCNC(=O)[C@@H]1CC(=O)N(c2cccc(CC)c2)C1. The van der Waals surface area contributed by atoms with Gasteiger partial charge in [-0.1, -0.05) is 26.0 Å². The van der Waals surface area contributed by atoms with Gasteiger partial charge in [-0.25, -0.2) is 0 Å². The molecule has 0 spiro atoms. The molecule has 1 aliphatic rings. The number of nitrogens with zero attached hydrogens (tertiary/aromatic N) is 1. The highest BCUT2D eigenvalue weighted by Gasteiger charge is 2.34. The summed E-state index contributed by atoms with van der Waals surface area (Å²) >= 11 is 0. The molecular formula is C16H22N2O2. The first kappa shape index (κ1) is 14.6. The van der Waals surface area contributed by atoms with Crippen LogP contribution >= 0.6 is 0 Å². The molecule has 0 saturated carbocycles. The predicted molar refractivity (Wildman–Crippen MR) is 79.6 cm³/mol. The fourth-order valence-electron chi connectivity index (χ4n) is 2.47. The van der Waals surface area contributed by atoms with E-state index in [1.807, 2.05) is 25.1 Å². The topological polar surface area (TPSA) is 49.4 Å². The van der Waals surface area contributed by atoms with Gasteiger partial charge in [0.05, 0.1) is 5.92 Å². The van der Waals surface area contributed by atoms with E-state index in [0.29, 0.717) is 19.5 Å². The third-order valence-corrected chi connectivity index (χ3v) is 3.68. The fourth-order valence-corrected chi connectivity index (χ4v) is 2.47. The van der Waals surface area contributed by atoms with Crippen LogP contribution in [-0.4, -0.2) is 24.9 Å². The number of hydrogen-bond donors (Lipinski definition) is 1. The minimum atomic E-state index is -0.223. The number of anilines is 1. The van der Waals surface area contributed by atoms with E-state index in [4.69, 9.17) is 0 Å². The second kappa shape index (κ2) is 6.55. The molecule has 1 fully saturated rings. The second-order valence-electron chi connectivity index (χ2n) is 5.22.